The van der Waals surface area contributed by atoms with Gasteiger partial charge in [0.05, 0.1) is 5.92 Å². The first-order valence-electron chi connectivity index (χ1n) is 7.33. The van der Waals surface area contributed by atoms with Gasteiger partial charge < -0.3 is 15.7 Å². The Kier molecular flexibility index (Phi) is 5.54. The highest BCUT2D eigenvalue weighted by Gasteiger charge is 2.30. The third-order valence-corrected chi connectivity index (χ3v) is 3.83. The Bertz CT molecular complexity index is 478. The van der Waals surface area contributed by atoms with Crippen molar-refractivity contribution >= 4 is 12.0 Å². The zero-order valence-corrected chi connectivity index (χ0v) is 11.9. The Balaban J connectivity index is 1.86. The molecule has 0 aromatic carbocycles. The average Bonchev–Trinajstić information content (AvgIpc) is 2.72. The van der Waals surface area contributed by atoms with Crippen molar-refractivity contribution in [2.45, 2.75) is 44.7 Å². The number of hydrogen-bond donors (Lipinski definition) is 3. The molecule has 0 saturated heterocycles. The molecule has 2 unspecified atom stereocenters. The van der Waals surface area contributed by atoms with E-state index in [4.69, 9.17) is 0 Å². The quantitative estimate of drug-likeness (QED) is 0.739. The van der Waals surface area contributed by atoms with Crippen LogP contribution in [0.3, 0.4) is 0 Å². The van der Waals surface area contributed by atoms with Gasteiger partial charge in [0.2, 0.25) is 0 Å². The van der Waals surface area contributed by atoms with E-state index >= 15 is 0 Å². The van der Waals surface area contributed by atoms with Gasteiger partial charge in [0.1, 0.15) is 0 Å². The van der Waals surface area contributed by atoms with Crippen molar-refractivity contribution in [2.75, 3.05) is 0 Å². The van der Waals surface area contributed by atoms with Gasteiger partial charge >= 0.3 is 12.0 Å². The van der Waals surface area contributed by atoms with Crippen LogP contribution in [0.2, 0.25) is 0 Å². The van der Waals surface area contributed by atoms with E-state index < -0.39 is 11.9 Å². The molecule has 2 amide bonds. The van der Waals surface area contributed by atoms with E-state index in [0.29, 0.717) is 13.0 Å². The number of pyridine rings is 1. The van der Waals surface area contributed by atoms with Crippen molar-refractivity contribution in [3.63, 3.8) is 0 Å². The molecule has 0 bridgehead atoms. The van der Waals surface area contributed by atoms with Gasteiger partial charge in [-0.2, -0.15) is 0 Å². The van der Waals surface area contributed by atoms with Crippen LogP contribution in [-0.4, -0.2) is 28.1 Å². The Labute approximate surface area is 124 Å². The van der Waals surface area contributed by atoms with Crippen molar-refractivity contribution in [1.82, 2.24) is 15.6 Å². The van der Waals surface area contributed by atoms with Crippen LogP contribution >= 0.6 is 0 Å². The minimum absolute atomic E-state index is 0.293. The number of carbonyl (C=O) groups is 2. The highest BCUT2D eigenvalue weighted by atomic mass is 16.4. The minimum Gasteiger partial charge on any atom is -0.481 e. The largest absolute Gasteiger partial charge is 0.481 e. The Hall–Kier alpha value is -2.11. The molecule has 6 nitrogen and oxygen atoms in total. The third-order valence-electron chi connectivity index (χ3n) is 3.83. The first-order valence-corrected chi connectivity index (χ1v) is 7.33. The molecular formula is C15H21N3O3. The predicted octanol–water partition coefficient (Wildman–Crippen LogP) is 1.91. The van der Waals surface area contributed by atoms with E-state index in [1.165, 1.54) is 0 Å². The zero-order valence-electron chi connectivity index (χ0n) is 11.9. The highest BCUT2D eigenvalue weighted by Crippen LogP contribution is 2.23. The van der Waals surface area contributed by atoms with E-state index in [1.54, 1.807) is 18.5 Å². The lowest BCUT2D eigenvalue weighted by atomic mass is 9.95. The van der Waals surface area contributed by atoms with Crippen molar-refractivity contribution < 1.29 is 14.7 Å². The van der Waals surface area contributed by atoms with Gasteiger partial charge in [0, 0.05) is 25.0 Å². The van der Waals surface area contributed by atoms with Crippen LogP contribution in [0, 0.1) is 5.92 Å². The minimum atomic E-state index is -0.825. The number of hydrogen-bond acceptors (Lipinski definition) is 3. The molecule has 1 saturated carbocycles. The smallest absolute Gasteiger partial charge is 0.315 e. The van der Waals surface area contributed by atoms with Gasteiger partial charge in [0.25, 0.3) is 0 Å². The summed E-state index contributed by atoms with van der Waals surface area (Å²) in [5.74, 6) is -1.31. The average molecular weight is 291 g/mol. The molecule has 1 aliphatic carbocycles. The van der Waals surface area contributed by atoms with Crippen LogP contribution in [0.1, 0.15) is 37.7 Å². The summed E-state index contributed by atoms with van der Waals surface area (Å²) < 4.78 is 0. The molecule has 1 aliphatic rings. The molecule has 114 valence electrons. The molecule has 2 atom stereocenters. The molecule has 6 heteroatoms. The van der Waals surface area contributed by atoms with E-state index in [2.05, 4.69) is 15.6 Å². The molecule has 1 heterocycles. The summed E-state index contributed by atoms with van der Waals surface area (Å²) in [5, 5.41) is 14.8. The Morgan fingerprint density at radius 2 is 2.10 bits per heavy atom. The van der Waals surface area contributed by atoms with Crippen LogP contribution < -0.4 is 10.6 Å². The number of nitrogens with one attached hydrogen (secondary N) is 2. The Morgan fingerprint density at radius 1 is 1.29 bits per heavy atom. The molecule has 0 radical (unpaired) electrons. The number of urea groups is 1. The number of carbonyl (C=O) groups excluding carboxylic acids is 1. The number of aromatic nitrogens is 1. The van der Waals surface area contributed by atoms with Crippen molar-refractivity contribution in [3.05, 3.63) is 30.1 Å². The lowest BCUT2D eigenvalue weighted by Crippen LogP contribution is -2.47. The fourth-order valence-corrected chi connectivity index (χ4v) is 2.68. The first kappa shape index (κ1) is 15.3. The highest BCUT2D eigenvalue weighted by molar-refractivity contribution is 5.76. The molecule has 1 aromatic rings. The second-order valence-corrected chi connectivity index (χ2v) is 5.38. The second-order valence-electron chi connectivity index (χ2n) is 5.38. The van der Waals surface area contributed by atoms with E-state index in [9.17, 15) is 14.7 Å². The third kappa shape index (κ3) is 4.73. The lowest BCUT2D eigenvalue weighted by molar-refractivity contribution is -0.142. The summed E-state index contributed by atoms with van der Waals surface area (Å²) in [6.45, 7) is 0.379. The van der Waals surface area contributed by atoms with E-state index in [1.807, 2.05) is 6.07 Å². The topological polar surface area (TPSA) is 91.3 Å². The van der Waals surface area contributed by atoms with Gasteiger partial charge in [0.15, 0.2) is 0 Å². The molecule has 0 aliphatic heterocycles. The number of aliphatic carboxylic acids is 1. The standard InChI is InChI=1S/C15H21N3O3/c19-14(20)12-6-2-1-3-7-13(12)18-15(21)17-10-11-5-4-8-16-9-11/h4-5,8-9,12-13H,1-3,6-7,10H2,(H,19,20)(H2,17,18,21). The van der Waals surface area contributed by atoms with Crippen LogP contribution in [0.5, 0.6) is 0 Å². The summed E-state index contributed by atoms with van der Waals surface area (Å²) in [7, 11) is 0. The molecule has 1 aromatic heterocycles. The summed E-state index contributed by atoms with van der Waals surface area (Å²) in [6.07, 6.45) is 7.60. The SMILES string of the molecule is O=C(NCc1cccnc1)NC1CCCCCC1C(=O)O. The van der Waals surface area contributed by atoms with Crippen LogP contribution in [0.15, 0.2) is 24.5 Å². The summed E-state index contributed by atoms with van der Waals surface area (Å²) >= 11 is 0. The molecule has 2 rings (SSSR count). The number of amides is 2. The fourth-order valence-electron chi connectivity index (χ4n) is 2.68. The molecular weight excluding hydrogens is 270 g/mol. The predicted molar refractivity (Wildman–Crippen MR) is 77.6 cm³/mol. The van der Waals surface area contributed by atoms with Gasteiger partial charge in [-0.05, 0) is 24.5 Å². The van der Waals surface area contributed by atoms with Crippen LogP contribution in [0.4, 0.5) is 4.79 Å². The van der Waals surface area contributed by atoms with Crippen molar-refractivity contribution in [2.24, 2.45) is 5.92 Å². The maximum absolute atomic E-state index is 11.9. The summed E-state index contributed by atoms with van der Waals surface area (Å²) in [6, 6.07) is 3.07. The number of rotatable bonds is 4. The molecule has 21 heavy (non-hydrogen) atoms. The monoisotopic (exact) mass is 291 g/mol. The van der Waals surface area contributed by atoms with Crippen LogP contribution in [-0.2, 0) is 11.3 Å². The summed E-state index contributed by atoms with van der Waals surface area (Å²) in [4.78, 5) is 27.2. The molecule has 0 spiro atoms. The normalized spacial score (nSPS) is 22.1. The van der Waals surface area contributed by atoms with Gasteiger partial charge in [-0.1, -0.05) is 25.3 Å². The molecule has 1 fully saturated rings. The number of carboxylic acids is 1. The van der Waals surface area contributed by atoms with Gasteiger partial charge in [-0.3, -0.25) is 9.78 Å². The second kappa shape index (κ2) is 7.61. The van der Waals surface area contributed by atoms with E-state index in [-0.39, 0.29) is 12.1 Å². The number of nitrogens with zero attached hydrogens (tertiary/aromatic N) is 1. The lowest BCUT2D eigenvalue weighted by Gasteiger charge is -2.23. The Morgan fingerprint density at radius 3 is 2.81 bits per heavy atom. The van der Waals surface area contributed by atoms with Gasteiger partial charge in [-0.15, -0.1) is 0 Å². The molecule has 3 N–H and O–H groups in total. The summed E-state index contributed by atoms with van der Waals surface area (Å²) in [5.41, 5.74) is 0.906. The number of carboxylic acid groups (broad SMARTS) is 1. The van der Waals surface area contributed by atoms with Crippen LogP contribution in [0.25, 0.3) is 0 Å². The van der Waals surface area contributed by atoms with E-state index in [0.717, 1.165) is 31.2 Å². The zero-order chi connectivity index (χ0) is 15.1. The fraction of sp³-hybridized carbons (Fsp3) is 0.533. The first-order chi connectivity index (χ1) is 10.2. The van der Waals surface area contributed by atoms with Crippen molar-refractivity contribution in [3.8, 4) is 0 Å². The van der Waals surface area contributed by atoms with Gasteiger partial charge in [-0.25, -0.2) is 4.79 Å². The maximum atomic E-state index is 11.9. The maximum Gasteiger partial charge on any atom is 0.315 e. The van der Waals surface area contributed by atoms with Crippen molar-refractivity contribution in [1.29, 1.82) is 0 Å².